The van der Waals surface area contributed by atoms with Crippen molar-refractivity contribution in [1.82, 2.24) is 9.97 Å². The van der Waals surface area contributed by atoms with E-state index in [4.69, 9.17) is 16.3 Å². The number of halogens is 1. The minimum absolute atomic E-state index is 0.300. The van der Waals surface area contributed by atoms with Gasteiger partial charge in [0, 0.05) is 24.9 Å². The summed E-state index contributed by atoms with van der Waals surface area (Å²) in [5.74, 6) is 0.785. The highest BCUT2D eigenvalue weighted by atomic mass is 35.5. The summed E-state index contributed by atoms with van der Waals surface area (Å²) < 4.78 is 5.52. The van der Waals surface area contributed by atoms with Crippen molar-refractivity contribution in [2.45, 2.75) is 32.3 Å². The fraction of sp³-hybridized carbons (Fsp3) is 0.636. The molecule has 1 saturated heterocycles. The minimum atomic E-state index is 0.300. The summed E-state index contributed by atoms with van der Waals surface area (Å²) in [4.78, 5) is 8.25. The maximum atomic E-state index is 5.83. The molecule has 0 aromatic carbocycles. The van der Waals surface area contributed by atoms with Crippen LogP contribution in [0.15, 0.2) is 6.07 Å². The molecule has 4 nitrogen and oxygen atoms in total. The maximum Gasteiger partial charge on any atom is 0.224 e. The zero-order chi connectivity index (χ0) is 11.4. The van der Waals surface area contributed by atoms with Crippen LogP contribution in [0.4, 0.5) is 5.82 Å². The quantitative estimate of drug-likeness (QED) is 0.822. The van der Waals surface area contributed by atoms with Crippen molar-refractivity contribution in [3.8, 4) is 0 Å². The molecule has 1 aliphatic rings. The average Bonchev–Trinajstić information content (AvgIpc) is 2.78. The summed E-state index contributed by atoms with van der Waals surface area (Å²) >= 11 is 5.83. The van der Waals surface area contributed by atoms with Gasteiger partial charge in [0.2, 0.25) is 5.28 Å². The predicted molar refractivity (Wildman–Crippen MR) is 63.9 cm³/mol. The molecular weight excluding hydrogens is 226 g/mol. The first-order valence-corrected chi connectivity index (χ1v) is 6.04. The second-order valence-corrected chi connectivity index (χ2v) is 4.22. The lowest BCUT2D eigenvalue weighted by Crippen LogP contribution is -2.19. The summed E-state index contributed by atoms with van der Waals surface area (Å²) in [6, 6.07) is 1.93. The molecule has 0 spiro atoms. The molecule has 0 bridgehead atoms. The third-order valence-corrected chi connectivity index (χ3v) is 2.82. The highest BCUT2D eigenvalue weighted by molar-refractivity contribution is 6.28. The minimum Gasteiger partial charge on any atom is -0.376 e. The van der Waals surface area contributed by atoms with Crippen LogP contribution in [-0.2, 0) is 11.2 Å². The first-order chi connectivity index (χ1) is 7.78. The molecule has 0 radical (unpaired) electrons. The van der Waals surface area contributed by atoms with E-state index in [0.717, 1.165) is 43.9 Å². The van der Waals surface area contributed by atoms with Crippen LogP contribution < -0.4 is 5.32 Å². The van der Waals surface area contributed by atoms with Crippen LogP contribution >= 0.6 is 11.6 Å². The smallest absolute Gasteiger partial charge is 0.224 e. The Balaban J connectivity index is 1.94. The fourth-order valence-electron chi connectivity index (χ4n) is 1.76. The number of hydrogen-bond acceptors (Lipinski definition) is 4. The van der Waals surface area contributed by atoms with Gasteiger partial charge in [0.05, 0.1) is 6.10 Å². The number of aromatic nitrogens is 2. The van der Waals surface area contributed by atoms with Gasteiger partial charge in [-0.1, -0.05) is 6.92 Å². The molecule has 1 atom stereocenters. The summed E-state index contributed by atoms with van der Waals surface area (Å²) in [5.41, 5.74) is 0.954. The number of nitrogens with zero attached hydrogens (tertiary/aromatic N) is 2. The lowest BCUT2D eigenvalue weighted by atomic mass is 10.2. The molecule has 2 rings (SSSR count). The van der Waals surface area contributed by atoms with E-state index < -0.39 is 0 Å². The number of hydrogen-bond donors (Lipinski definition) is 1. The van der Waals surface area contributed by atoms with Crippen LogP contribution in [0.25, 0.3) is 0 Å². The molecule has 1 N–H and O–H groups in total. The van der Waals surface area contributed by atoms with Gasteiger partial charge < -0.3 is 10.1 Å². The van der Waals surface area contributed by atoms with Crippen LogP contribution in [0.2, 0.25) is 5.28 Å². The number of anilines is 1. The number of aryl methyl sites for hydroxylation is 1. The molecule has 88 valence electrons. The third-order valence-electron chi connectivity index (χ3n) is 2.65. The molecule has 0 aliphatic carbocycles. The van der Waals surface area contributed by atoms with Gasteiger partial charge in [-0.2, -0.15) is 0 Å². The van der Waals surface area contributed by atoms with Crippen LogP contribution in [0.5, 0.6) is 0 Å². The molecule has 16 heavy (non-hydrogen) atoms. The molecule has 5 heteroatoms. The van der Waals surface area contributed by atoms with E-state index in [1.807, 2.05) is 13.0 Å². The van der Waals surface area contributed by atoms with Crippen LogP contribution in [0, 0.1) is 0 Å². The van der Waals surface area contributed by atoms with Crippen LogP contribution in [0.1, 0.15) is 25.5 Å². The van der Waals surface area contributed by atoms with Gasteiger partial charge in [-0.05, 0) is 30.9 Å². The maximum absolute atomic E-state index is 5.83. The zero-order valence-electron chi connectivity index (χ0n) is 9.37. The summed E-state index contributed by atoms with van der Waals surface area (Å²) in [6.45, 7) is 3.70. The third kappa shape index (κ3) is 3.06. The van der Waals surface area contributed by atoms with Gasteiger partial charge in [0.25, 0.3) is 0 Å². The van der Waals surface area contributed by atoms with E-state index in [0.29, 0.717) is 11.4 Å². The predicted octanol–water partition coefficient (Wildman–Crippen LogP) is 2.28. The van der Waals surface area contributed by atoms with Gasteiger partial charge in [0.15, 0.2) is 0 Å². The highest BCUT2D eigenvalue weighted by Gasteiger charge is 2.15. The van der Waals surface area contributed by atoms with Gasteiger partial charge in [0.1, 0.15) is 5.82 Å². The van der Waals surface area contributed by atoms with E-state index in [1.165, 1.54) is 0 Å². The number of nitrogens with one attached hydrogen (secondary N) is 1. The highest BCUT2D eigenvalue weighted by Crippen LogP contribution is 2.14. The van der Waals surface area contributed by atoms with Crippen molar-refractivity contribution in [2.24, 2.45) is 0 Å². The Bertz CT molecular complexity index is 353. The Morgan fingerprint density at radius 3 is 3.12 bits per heavy atom. The molecule has 2 heterocycles. The molecule has 1 aromatic rings. The molecule has 1 aliphatic heterocycles. The normalized spacial score (nSPS) is 20.0. The van der Waals surface area contributed by atoms with E-state index in [1.54, 1.807) is 0 Å². The topological polar surface area (TPSA) is 47.0 Å². The monoisotopic (exact) mass is 241 g/mol. The molecule has 0 amide bonds. The van der Waals surface area contributed by atoms with Crippen molar-refractivity contribution in [1.29, 1.82) is 0 Å². The zero-order valence-corrected chi connectivity index (χ0v) is 10.1. The first-order valence-electron chi connectivity index (χ1n) is 5.67. The van der Waals surface area contributed by atoms with E-state index in [9.17, 15) is 0 Å². The number of ether oxygens (including phenoxy) is 1. The molecule has 1 unspecified atom stereocenters. The Kier molecular flexibility index (Phi) is 3.96. The van der Waals surface area contributed by atoms with E-state index in [-0.39, 0.29) is 0 Å². The lowest BCUT2D eigenvalue weighted by Gasteiger charge is -2.11. The van der Waals surface area contributed by atoms with E-state index in [2.05, 4.69) is 15.3 Å². The van der Waals surface area contributed by atoms with Crippen molar-refractivity contribution in [2.75, 3.05) is 18.5 Å². The fourth-order valence-corrected chi connectivity index (χ4v) is 1.96. The Morgan fingerprint density at radius 2 is 2.44 bits per heavy atom. The summed E-state index contributed by atoms with van der Waals surface area (Å²) in [7, 11) is 0. The molecule has 1 aromatic heterocycles. The molecule has 1 fully saturated rings. The van der Waals surface area contributed by atoms with Crippen LogP contribution in [-0.4, -0.2) is 29.2 Å². The SMILES string of the molecule is CCc1cc(NCC2CCCO2)nc(Cl)n1. The standard InChI is InChI=1S/C11H16ClN3O/c1-2-8-6-10(15-11(12)14-8)13-7-9-4-3-5-16-9/h6,9H,2-5,7H2,1H3,(H,13,14,15). The van der Waals surface area contributed by atoms with Crippen molar-refractivity contribution < 1.29 is 4.74 Å². The first kappa shape index (κ1) is 11.6. The van der Waals surface area contributed by atoms with E-state index >= 15 is 0 Å². The average molecular weight is 242 g/mol. The van der Waals surface area contributed by atoms with Crippen LogP contribution in [0.3, 0.4) is 0 Å². The van der Waals surface area contributed by atoms with Crippen molar-refractivity contribution >= 4 is 17.4 Å². The number of rotatable bonds is 4. The second kappa shape index (κ2) is 5.46. The summed E-state index contributed by atoms with van der Waals surface area (Å²) in [5, 5.41) is 3.54. The Labute approximate surface area is 100 Å². The van der Waals surface area contributed by atoms with Crippen molar-refractivity contribution in [3.05, 3.63) is 17.0 Å². The second-order valence-electron chi connectivity index (χ2n) is 3.88. The van der Waals surface area contributed by atoms with Gasteiger partial charge >= 0.3 is 0 Å². The lowest BCUT2D eigenvalue weighted by molar-refractivity contribution is 0.120. The Morgan fingerprint density at radius 1 is 1.56 bits per heavy atom. The van der Waals surface area contributed by atoms with Gasteiger partial charge in [-0.25, -0.2) is 9.97 Å². The van der Waals surface area contributed by atoms with Crippen molar-refractivity contribution in [3.63, 3.8) is 0 Å². The Hall–Kier alpha value is -0.870. The molecular formula is C11H16ClN3O. The molecule has 0 saturated carbocycles. The summed E-state index contributed by atoms with van der Waals surface area (Å²) in [6.07, 6.45) is 3.43. The largest absolute Gasteiger partial charge is 0.376 e. The van der Waals surface area contributed by atoms with Gasteiger partial charge in [-0.3, -0.25) is 0 Å². The van der Waals surface area contributed by atoms with Gasteiger partial charge in [-0.15, -0.1) is 0 Å².